The van der Waals surface area contributed by atoms with Crippen LogP contribution in [0.1, 0.15) is 19.8 Å². The Labute approximate surface area is 66.0 Å². The first-order valence-electron chi connectivity index (χ1n) is 4.01. The summed E-state index contributed by atoms with van der Waals surface area (Å²) >= 11 is 0. The van der Waals surface area contributed by atoms with Crippen LogP contribution in [-0.4, -0.2) is 18.5 Å². The number of carbonyl (C=O) groups is 1. The first-order chi connectivity index (χ1) is 5.29. The predicted molar refractivity (Wildman–Crippen MR) is 43.8 cm³/mol. The zero-order valence-corrected chi connectivity index (χ0v) is 6.63. The highest BCUT2D eigenvalue weighted by molar-refractivity contribution is 5.90. The van der Waals surface area contributed by atoms with E-state index in [0.717, 1.165) is 19.4 Å². The van der Waals surface area contributed by atoms with Crippen molar-refractivity contribution in [1.82, 2.24) is 0 Å². The zero-order valence-electron chi connectivity index (χ0n) is 6.63. The molecule has 0 aromatic carbocycles. The van der Waals surface area contributed by atoms with Gasteiger partial charge in [0.1, 0.15) is 5.78 Å². The second kappa shape index (κ2) is 2.29. The maximum absolute atomic E-state index is 11.1. The maximum atomic E-state index is 11.1. The molecular weight excluding hydrogens is 138 g/mol. The van der Waals surface area contributed by atoms with Crippen LogP contribution in [0, 0.1) is 5.92 Å². The highest BCUT2D eigenvalue weighted by Crippen LogP contribution is 2.34. The summed E-state index contributed by atoms with van der Waals surface area (Å²) in [6.07, 6.45) is 4.01. The van der Waals surface area contributed by atoms with Crippen molar-refractivity contribution in [2.24, 2.45) is 10.9 Å². The Bertz CT molecular complexity index is 263. The molecule has 0 spiro atoms. The fraction of sp³-hybridized carbons (Fsp3) is 0.556. The number of nitrogens with zero attached hydrogens (tertiary/aromatic N) is 1. The highest BCUT2D eigenvalue weighted by atomic mass is 16.1. The number of ketones is 1. The van der Waals surface area contributed by atoms with E-state index >= 15 is 0 Å². The lowest BCUT2D eigenvalue weighted by Gasteiger charge is -2.06. The molecule has 0 aromatic rings. The number of Topliss-reactive ketones (excluding diaryl/α,β-unsaturated/α-hetero) is 1. The zero-order chi connectivity index (χ0) is 7.84. The summed E-state index contributed by atoms with van der Waals surface area (Å²) in [5.74, 6) is 0.507. The van der Waals surface area contributed by atoms with E-state index in [1.54, 1.807) is 6.92 Å². The SMILES string of the molecule is CC(=O)C1CCC2=C1CN=C2. The van der Waals surface area contributed by atoms with Crippen LogP contribution in [0.3, 0.4) is 0 Å². The molecule has 2 aliphatic rings. The van der Waals surface area contributed by atoms with Crippen LogP contribution in [-0.2, 0) is 4.79 Å². The Balaban J connectivity index is 2.25. The summed E-state index contributed by atoms with van der Waals surface area (Å²) in [6.45, 7) is 2.46. The van der Waals surface area contributed by atoms with E-state index in [2.05, 4.69) is 4.99 Å². The molecule has 11 heavy (non-hydrogen) atoms. The molecule has 0 bridgehead atoms. The Morgan fingerprint density at radius 3 is 3.27 bits per heavy atom. The number of hydrogen-bond donors (Lipinski definition) is 0. The number of aliphatic imine (C=N–C) groups is 1. The molecule has 0 saturated carbocycles. The molecule has 0 radical (unpaired) electrons. The van der Waals surface area contributed by atoms with Gasteiger partial charge in [-0.3, -0.25) is 9.79 Å². The molecule has 2 heteroatoms. The molecule has 1 aliphatic heterocycles. The van der Waals surface area contributed by atoms with Gasteiger partial charge in [0, 0.05) is 12.1 Å². The average Bonchev–Trinajstić information content (AvgIpc) is 2.41. The van der Waals surface area contributed by atoms with E-state index < -0.39 is 0 Å². The molecule has 1 heterocycles. The molecule has 2 rings (SSSR count). The number of carbonyl (C=O) groups excluding carboxylic acids is 1. The molecule has 0 amide bonds. The van der Waals surface area contributed by atoms with E-state index in [4.69, 9.17) is 0 Å². The maximum Gasteiger partial charge on any atom is 0.137 e. The van der Waals surface area contributed by atoms with E-state index in [9.17, 15) is 4.79 Å². The van der Waals surface area contributed by atoms with Crippen molar-refractivity contribution < 1.29 is 4.79 Å². The predicted octanol–water partition coefficient (Wildman–Crippen LogP) is 1.37. The monoisotopic (exact) mass is 149 g/mol. The minimum atomic E-state index is 0.201. The smallest absolute Gasteiger partial charge is 0.137 e. The van der Waals surface area contributed by atoms with Crippen molar-refractivity contribution in [1.29, 1.82) is 0 Å². The first-order valence-corrected chi connectivity index (χ1v) is 4.01. The molecule has 2 nitrogen and oxygen atoms in total. The van der Waals surface area contributed by atoms with Crippen molar-refractivity contribution in [2.45, 2.75) is 19.8 Å². The van der Waals surface area contributed by atoms with Gasteiger partial charge in [-0.1, -0.05) is 0 Å². The third-order valence-electron chi connectivity index (χ3n) is 2.53. The van der Waals surface area contributed by atoms with E-state index in [-0.39, 0.29) is 5.92 Å². The van der Waals surface area contributed by atoms with Gasteiger partial charge in [-0.05, 0) is 30.9 Å². The van der Waals surface area contributed by atoms with E-state index in [1.165, 1.54) is 11.1 Å². The summed E-state index contributed by atoms with van der Waals surface area (Å²) < 4.78 is 0. The van der Waals surface area contributed by atoms with Crippen LogP contribution in [0.4, 0.5) is 0 Å². The van der Waals surface area contributed by atoms with Gasteiger partial charge in [0.05, 0.1) is 6.54 Å². The number of hydrogen-bond acceptors (Lipinski definition) is 2. The number of allylic oxidation sites excluding steroid dienone is 1. The third-order valence-corrected chi connectivity index (χ3v) is 2.53. The molecule has 0 N–H and O–H groups in total. The minimum absolute atomic E-state index is 0.201. The van der Waals surface area contributed by atoms with Gasteiger partial charge in [0.2, 0.25) is 0 Å². The van der Waals surface area contributed by atoms with Gasteiger partial charge in [0.25, 0.3) is 0 Å². The second-order valence-electron chi connectivity index (χ2n) is 3.22. The molecule has 1 aliphatic carbocycles. The molecule has 0 saturated heterocycles. The van der Waals surface area contributed by atoms with Crippen LogP contribution in [0.15, 0.2) is 16.1 Å². The lowest BCUT2D eigenvalue weighted by atomic mass is 9.97. The Hall–Kier alpha value is -0.920. The molecule has 1 unspecified atom stereocenters. The largest absolute Gasteiger partial charge is 0.299 e. The van der Waals surface area contributed by atoms with Gasteiger partial charge < -0.3 is 0 Å². The van der Waals surface area contributed by atoms with Crippen LogP contribution in [0.25, 0.3) is 0 Å². The Morgan fingerprint density at radius 1 is 1.73 bits per heavy atom. The Morgan fingerprint density at radius 2 is 2.55 bits per heavy atom. The minimum Gasteiger partial charge on any atom is -0.299 e. The molecule has 0 aromatic heterocycles. The fourth-order valence-corrected chi connectivity index (χ4v) is 1.92. The lowest BCUT2D eigenvalue weighted by Crippen LogP contribution is -2.10. The summed E-state index contributed by atoms with van der Waals surface area (Å²) in [5, 5.41) is 0. The van der Waals surface area contributed by atoms with Crippen molar-refractivity contribution in [2.75, 3.05) is 6.54 Å². The van der Waals surface area contributed by atoms with Crippen molar-refractivity contribution >= 4 is 12.0 Å². The molecule has 1 atom stereocenters. The lowest BCUT2D eigenvalue weighted by molar-refractivity contribution is -0.119. The van der Waals surface area contributed by atoms with Crippen LogP contribution < -0.4 is 0 Å². The molecule has 58 valence electrons. The molecule has 0 fully saturated rings. The van der Waals surface area contributed by atoms with E-state index in [1.807, 2.05) is 6.21 Å². The van der Waals surface area contributed by atoms with Crippen molar-refractivity contribution in [3.8, 4) is 0 Å². The number of rotatable bonds is 1. The summed E-state index contributed by atoms with van der Waals surface area (Å²) in [5.41, 5.74) is 2.61. The third kappa shape index (κ3) is 0.934. The summed E-state index contributed by atoms with van der Waals surface area (Å²) in [6, 6.07) is 0. The van der Waals surface area contributed by atoms with Gasteiger partial charge in [0.15, 0.2) is 0 Å². The topological polar surface area (TPSA) is 29.4 Å². The van der Waals surface area contributed by atoms with Crippen LogP contribution >= 0.6 is 0 Å². The average molecular weight is 149 g/mol. The van der Waals surface area contributed by atoms with Gasteiger partial charge in [-0.2, -0.15) is 0 Å². The Kier molecular flexibility index (Phi) is 1.41. The van der Waals surface area contributed by atoms with Crippen LogP contribution in [0.5, 0.6) is 0 Å². The second-order valence-corrected chi connectivity index (χ2v) is 3.22. The van der Waals surface area contributed by atoms with Crippen LogP contribution in [0.2, 0.25) is 0 Å². The van der Waals surface area contributed by atoms with Crippen molar-refractivity contribution in [3.05, 3.63) is 11.1 Å². The standard InChI is InChI=1S/C9H11NO/c1-6(11)8-3-2-7-4-10-5-9(7)8/h4,8H,2-3,5H2,1H3. The van der Waals surface area contributed by atoms with Crippen molar-refractivity contribution in [3.63, 3.8) is 0 Å². The summed E-state index contributed by atoms with van der Waals surface area (Å²) in [4.78, 5) is 15.2. The fourth-order valence-electron chi connectivity index (χ4n) is 1.92. The van der Waals surface area contributed by atoms with Gasteiger partial charge >= 0.3 is 0 Å². The highest BCUT2D eigenvalue weighted by Gasteiger charge is 2.29. The molecular formula is C9H11NO. The van der Waals surface area contributed by atoms with Gasteiger partial charge in [-0.25, -0.2) is 0 Å². The normalized spacial score (nSPS) is 27.9. The quantitative estimate of drug-likeness (QED) is 0.553. The van der Waals surface area contributed by atoms with E-state index in [0.29, 0.717) is 5.78 Å². The van der Waals surface area contributed by atoms with Gasteiger partial charge in [-0.15, -0.1) is 0 Å². The summed E-state index contributed by atoms with van der Waals surface area (Å²) in [7, 11) is 0. The first kappa shape index (κ1) is 6.77.